The summed E-state index contributed by atoms with van der Waals surface area (Å²) in [4.78, 5) is 15.7. The first-order valence-corrected chi connectivity index (χ1v) is 6.85. The van der Waals surface area contributed by atoms with Crippen molar-refractivity contribution >= 4 is 5.78 Å². The van der Waals surface area contributed by atoms with Crippen LogP contribution in [0.5, 0.6) is 0 Å². The number of fused-ring (bicyclic) bond motifs is 2. The standard InChI is InChI=1S/C14H15F3N2O2/c15-14(16,17)12-5-8(1-2-18-12)13(20)9-3-10-6-21-7-11(4-9)19-10/h1-2,5,9-11,19H,3-4,6-7H2. The van der Waals surface area contributed by atoms with Crippen LogP contribution in [0.4, 0.5) is 13.2 Å². The van der Waals surface area contributed by atoms with Crippen molar-refractivity contribution in [2.24, 2.45) is 5.92 Å². The number of ether oxygens (including phenoxy) is 1. The van der Waals surface area contributed by atoms with Gasteiger partial charge < -0.3 is 10.1 Å². The molecule has 114 valence electrons. The Hall–Kier alpha value is -1.47. The molecule has 0 amide bonds. The summed E-state index contributed by atoms with van der Waals surface area (Å²) in [6.07, 6.45) is -2.30. The average Bonchev–Trinajstić information content (AvgIpc) is 2.45. The molecule has 2 fully saturated rings. The summed E-state index contributed by atoms with van der Waals surface area (Å²) in [5.74, 6) is -0.491. The number of hydrogen-bond acceptors (Lipinski definition) is 4. The number of carbonyl (C=O) groups excluding carboxylic acids is 1. The first-order valence-electron chi connectivity index (χ1n) is 6.85. The average molecular weight is 300 g/mol. The lowest BCUT2D eigenvalue weighted by Gasteiger charge is -2.39. The van der Waals surface area contributed by atoms with E-state index in [1.165, 1.54) is 6.07 Å². The van der Waals surface area contributed by atoms with Crippen molar-refractivity contribution in [2.45, 2.75) is 31.1 Å². The van der Waals surface area contributed by atoms with Gasteiger partial charge in [-0.15, -0.1) is 0 Å². The third-order valence-corrected chi connectivity index (χ3v) is 3.95. The van der Waals surface area contributed by atoms with Gasteiger partial charge in [0.05, 0.1) is 13.2 Å². The number of aromatic nitrogens is 1. The van der Waals surface area contributed by atoms with Gasteiger partial charge in [-0.25, -0.2) is 0 Å². The molecule has 1 N–H and O–H groups in total. The Balaban J connectivity index is 1.79. The minimum absolute atomic E-state index is 0.0863. The molecule has 2 atom stereocenters. The zero-order valence-electron chi connectivity index (χ0n) is 11.2. The van der Waals surface area contributed by atoms with E-state index in [4.69, 9.17) is 4.74 Å². The molecular weight excluding hydrogens is 285 g/mol. The van der Waals surface area contributed by atoms with Gasteiger partial charge in [0.2, 0.25) is 0 Å². The Morgan fingerprint density at radius 2 is 1.95 bits per heavy atom. The normalized spacial score (nSPS) is 29.2. The van der Waals surface area contributed by atoms with Gasteiger partial charge in [-0.3, -0.25) is 9.78 Å². The van der Waals surface area contributed by atoms with Gasteiger partial charge in [-0.05, 0) is 25.0 Å². The highest BCUT2D eigenvalue weighted by molar-refractivity contribution is 5.98. The monoisotopic (exact) mass is 300 g/mol. The van der Waals surface area contributed by atoms with Crippen molar-refractivity contribution in [3.8, 4) is 0 Å². The van der Waals surface area contributed by atoms with E-state index in [9.17, 15) is 18.0 Å². The summed E-state index contributed by atoms with van der Waals surface area (Å²) in [6, 6.07) is 2.41. The van der Waals surface area contributed by atoms with Crippen LogP contribution >= 0.6 is 0 Å². The van der Waals surface area contributed by atoms with Gasteiger partial charge in [-0.1, -0.05) is 0 Å². The molecule has 21 heavy (non-hydrogen) atoms. The highest BCUT2D eigenvalue weighted by atomic mass is 19.4. The van der Waals surface area contributed by atoms with Crippen LogP contribution in [0.25, 0.3) is 0 Å². The molecule has 2 bridgehead atoms. The SMILES string of the molecule is O=C(c1ccnc(C(F)(F)F)c1)C1CC2COCC(C1)N2. The van der Waals surface area contributed by atoms with Crippen molar-refractivity contribution in [3.05, 3.63) is 29.6 Å². The lowest BCUT2D eigenvalue weighted by atomic mass is 9.82. The highest BCUT2D eigenvalue weighted by Gasteiger charge is 2.37. The molecule has 3 heterocycles. The Morgan fingerprint density at radius 3 is 2.57 bits per heavy atom. The van der Waals surface area contributed by atoms with Gasteiger partial charge in [0.15, 0.2) is 5.78 Å². The second kappa shape index (κ2) is 5.38. The number of alkyl halides is 3. The number of nitrogens with zero attached hydrogens (tertiary/aromatic N) is 1. The second-order valence-corrected chi connectivity index (χ2v) is 5.56. The van der Waals surface area contributed by atoms with E-state index in [1.54, 1.807) is 0 Å². The number of piperidine rings is 1. The van der Waals surface area contributed by atoms with Gasteiger partial charge in [-0.2, -0.15) is 13.2 Å². The Morgan fingerprint density at radius 1 is 1.29 bits per heavy atom. The first kappa shape index (κ1) is 14.5. The van der Waals surface area contributed by atoms with Crippen LogP contribution in [0.1, 0.15) is 28.9 Å². The number of ketones is 1. The predicted molar refractivity (Wildman–Crippen MR) is 67.8 cm³/mol. The maximum atomic E-state index is 12.7. The Bertz CT molecular complexity index is 535. The number of rotatable bonds is 2. The molecular formula is C14H15F3N2O2. The van der Waals surface area contributed by atoms with Crippen LogP contribution in [0, 0.1) is 5.92 Å². The Labute approximate surface area is 119 Å². The van der Waals surface area contributed by atoms with Crippen LogP contribution in [0.2, 0.25) is 0 Å². The van der Waals surface area contributed by atoms with Crippen LogP contribution < -0.4 is 5.32 Å². The van der Waals surface area contributed by atoms with Crippen molar-refractivity contribution in [1.29, 1.82) is 0 Å². The maximum absolute atomic E-state index is 12.7. The van der Waals surface area contributed by atoms with Crippen LogP contribution in [-0.2, 0) is 10.9 Å². The summed E-state index contributed by atoms with van der Waals surface area (Å²) in [6.45, 7) is 1.09. The second-order valence-electron chi connectivity index (χ2n) is 5.56. The third-order valence-electron chi connectivity index (χ3n) is 3.95. The van der Waals surface area contributed by atoms with Crippen molar-refractivity contribution < 1.29 is 22.7 Å². The molecule has 0 aromatic carbocycles. The molecule has 2 aliphatic heterocycles. The van der Waals surface area contributed by atoms with Crippen LogP contribution in [0.15, 0.2) is 18.3 Å². The number of pyridine rings is 1. The summed E-state index contributed by atoms with van der Waals surface area (Å²) in [5.41, 5.74) is -0.936. The molecule has 0 spiro atoms. The number of nitrogens with one attached hydrogen (secondary N) is 1. The number of morpholine rings is 1. The number of hydrogen-bond donors (Lipinski definition) is 1. The van der Waals surface area contributed by atoms with E-state index in [0.717, 1.165) is 12.3 Å². The zero-order valence-corrected chi connectivity index (χ0v) is 11.2. The predicted octanol–water partition coefficient (Wildman–Crippen LogP) is 2.05. The van der Waals surface area contributed by atoms with E-state index in [-0.39, 0.29) is 29.3 Å². The topological polar surface area (TPSA) is 51.2 Å². The molecule has 1 aromatic rings. The smallest absolute Gasteiger partial charge is 0.378 e. The minimum atomic E-state index is -4.53. The van der Waals surface area contributed by atoms with Crippen molar-refractivity contribution in [2.75, 3.05) is 13.2 Å². The largest absolute Gasteiger partial charge is 0.433 e. The van der Waals surface area contributed by atoms with E-state index < -0.39 is 11.9 Å². The molecule has 0 aliphatic carbocycles. The summed E-state index contributed by atoms with van der Waals surface area (Å²) < 4.78 is 43.4. The number of halogens is 3. The van der Waals surface area contributed by atoms with Crippen LogP contribution in [-0.4, -0.2) is 36.1 Å². The van der Waals surface area contributed by atoms with E-state index in [2.05, 4.69) is 10.3 Å². The Kier molecular flexibility index (Phi) is 3.71. The maximum Gasteiger partial charge on any atom is 0.433 e. The van der Waals surface area contributed by atoms with Gasteiger partial charge >= 0.3 is 6.18 Å². The van der Waals surface area contributed by atoms with E-state index in [0.29, 0.717) is 26.1 Å². The lowest BCUT2D eigenvalue weighted by molar-refractivity contribution is -0.141. The molecule has 0 radical (unpaired) electrons. The molecule has 2 saturated heterocycles. The third kappa shape index (κ3) is 3.08. The van der Waals surface area contributed by atoms with Crippen LogP contribution in [0.3, 0.4) is 0 Å². The first-order chi connectivity index (χ1) is 9.93. The molecule has 4 nitrogen and oxygen atoms in total. The van der Waals surface area contributed by atoms with Crippen molar-refractivity contribution in [1.82, 2.24) is 10.3 Å². The molecule has 7 heteroatoms. The molecule has 0 saturated carbocycles. The van der Waals surface area contributed by atoms with Gasteiger partial charge in [0, 0.05) is 29.8 Å². The molecule has 3 rings (SSSR count). The fourth-order valence-corrected chi connectivity index (χ4v) is 3.03. The fraction of sp³-hybridized carbons (Fsp3) is 0.571. The molecule has 2 unspecified atom stereocenters. The van der Waals surface area contributed by atoms with Crippen molar-refractivity contribution in [3.63, 3.8) is 0 Å². The quantitative estimate of drug-likeness (QED) is 0.849. The number of Topliss-reactive ketones (excluding diaryl/α,β-unsaturated/α-hetero) is 1. The molecule has 2 aliphatic rings. The van der Waals surface area contributed by atoms with E-state index >= 15 is 0 Å². The summed E-state index contributed by atoms with van der Waals surface area (Å²) in [7, 11) is 0. The number of carbonyl (C=O) groups is 1. The van der Waals surface area contributed by atoms with Gasteiger partial charge in [0.25, 0.3) is 0 Å². The summed E-state index contributed by atoms with van der Waals surface area (Å²) in [5, 5.41) is 3.36. The summed E-state index contributed by atoms with van der Waals surface area (Å²) >= 11 is 0. The zero-order chi connectivity index (χ0) is 15.0. The fourth-order valence-electron chi connectivity index (χ4n) is 3.03. The lowest BCUT2D eigenvalue weighted by Crippen LogP contribution is -2.55. The van der Waals surface area contributed by atoms with E-state index in [1.807, 2.05) is 0 Å². The van der Waals surface area contributed by atoms with Gasteiger partial charge in [0.1, 0.15) is 5.69 Å². The highest BCUT2D eigenvalue weighted by Crippen LogP contribution is 2.30. The molecule has 1 aromatic heterocycles. The minimum Gasteiger partial charge on any atom is -0.378 e.